The minimum absolute atomic E-state index is 0.263. The van der Waals surface area contributed by atoms with Gasteiger partial charge >= 0.3 is 0 Å². The summed E-state index contributed by atoms with van der Waals surface area (Å²) in [6, 6.07) is 13.2. The standard InChI is InChI=1S/C20H24N2O4S/c1-16-4-2-3-5-17(16)15-21-8-10-22(11-9-21)27(23,24)18-6-7-19-20(14-18)26-13-12-25-19/h2-7,14H,8-13,15H2,1H3. The Labute approximate surface area is 160 Å². The maximum atomic E-state index is 13.0. The molecule has 0 saturated carbocycles. The van der Waals surface area contributed by atoms with Gasteiger partial charge in [0.25, 0.3) is 0 Å². The van der Waals surface area contributed by atoms with Crippen molar-refractivity contribution in [3.8, 4) is 11.5 Å². The first-order chi connectivity index (χ1) is 13.0. The zero-order valence-corrected chi connectivity index (χ0v) is 16.2. The van der Waals surface area contributed by atoms with Gasteiger partial charge in [-0.1, -0.05) is 24.3 Å². The van der Waals surface area contributed by atoms with E-state index in [0.717, 1.165) is 19.6 Å². The van der Waals surface area contributed by atoms with Crippen LogP contribution in [0.2, 0.25) is 0 Å². The van der Waals surface area contributed by atoms with Crippen molar-refractivity contribution in [2.24, 2.45) is 0 Å². The van der Waals surface area contributed by atoms with Crippen molar-refractivity contribution in [2.45, 2.75) is 18.4 Å². The summed E-state index contributed by atoms with van der Waals surface area (Å²) < 4.78 is 38.6. The first kappa shape index (κ1) is 18.3. The molecule has 1 saturated heterocycles. The van der Waals surface area contributed by atoms with Gasteiger partial charge in [0.05, 0.1) is 4.90 Å². The van der Waals surface area contributed by atoms with Crippen LogP contribution < -0.4 is 9.47 Å². The lowest BCUT2D eigenvalue weighted by Crippen LogP contribution is -2.48. The summed E-state index contributed by atoms with van der Waals surface area (Å²) in [6.45, 7) is 6.31. The van der Waals surface area contributed by atoms with Gasteiger partial charge in [0.2, 0.25) is 10.0 Å². The zero-order valence-electron chi connectivity index (χ0n) is 15.4. The average Bonchev–Trinajstić information content (AvgIpc) is 2.70. The Morgan fingerprint density at radius 1 is 0.926 bits per heavy atom. The second kappa shape index (κ2) is 7.50. The van der Waals surface area contributed by atoms with E-state index in [1.807, 2.05) is 12.1 Å². The van der Waals surface area contributed by atoms with Crippen LogP contribution in [0.5, 0.6) is 11.5 Å². The molecule has 2 aliphatic rings. The van der Waals surface area contributed by atoms with Gasteiger partial charge in [-0.3, -0.25) is 4.90 Å². The number of nitrogens with zero attached hydrogens (tertiary/aromatic N) is 2. The molecule has 27 heavy (non-hydrogen) atoms. The number of benzene rings is 2. The van der Waals surface area contributed by atoms with Gasteiger partial charge in [-0.2, -0.15) is 4.31 Å². The van der Waals surface area contributed by atoms with Crippen molar-refractivity contribution in [1.82, 2.24) is 9.21 Å². The van der Waals surface area contributed by atoms with E-state index in [1.165, 1.54) is 11.1 Å². The average molecular weight is 388 g/mol. The van der Waals surface area contributed by atoms with Crippen molar-refractivity contribution < 1.29 is 17.9 Å². The van der Waals surface area contributed by atoms with E-state index in [9.17, 15) is 8.42 Å². The van der Waals surface area contributed by atoms with Crippen LogP contribution in [-0.2, 0) is 16.6 Å². The lowest BCUT2D eigenvalue weighted by molar-refractivity contribution is 0.170. The smallest absolute Gasteiger partial charge is 0.243 e. The summed E-state index contributed by atoms with van der Waals surface area (Å²) in [7, 11) is -3.53. The highest BCUT2D eigenvalue weighted by molar-refractivity contribution is 7.89. The molecule has 2 aliphatic heterocycles. The number of aryl methyl sites for hydroxylation is 1. The predicted octanol–water partition coefficient (Wildman–Crippen LogP) is 2.27. The summed E-state index contributed by atoms with van der Waals surface area (Å²) in [5.74, 6) is 1.10. The fraction of sp³-hybridized carbons (Fsp3) is 0.400. The van der Waals surface area contributed by atoms with Gasteiger partial charge in [0.1, 0.15) is 13.2 Å². The van der Waals surface area contributed by atoms with E-state index in [-0.39, 0.29) is 4.90 Å². The summed E-state index contributed by atoms with van der Waals surface area (Å²) in [5, 5.41) is 0. The SMILES string of the molecule is Cc1ccccc1CN1CCN(S(=O)(=O)c2ccc3c(c2)OCCO3)CC1. The molecule has 2 heterocycles. The van der Waals surface area contributed by atoms with Gasteiger partial charge in [-0.15, -0.1) is 0 Å². The van der Waals surface area contributed by atoms with E-state index >= 15 is 0 Å². The normalized spacial score (nSPS) is 18.4. The molecule has 0 amide bonds. The van der Waals surface area contributed by atoms with Crippen LogP contribution in [0, 0.1) is 6.92 Å². The topological polar surface area (TPSA) is 59.1 Å². The first-order valence-electron chi connectivity index (χ1n) is 9.21. The second-order valence-corrected chi connectivity index (χ2v) is 8.85. The largest absolute Gasteiger partial charge is 0.486 e. The lowest BCUT2D eigenvalue weighted by atomic mass is 10.1. The van der Waals surface area contributed by atoms with E-state index in [0.29, 0.717) is 37.8 Å². The number of hydrogen-bond donors (Lipinski definition) is 0. The number of piperazine rings is 1. The Morgan fingerprint density at radius 2 is 1.63 bits per heavy atom. The third-order valence-electron chi connectivity index (χ3n) is 5.14. The Morgan fingerprint density at radius 3 is 2.37 bits per heavy atom. The van der Waals surface area contributed by atoms with Crippen LogP contribution in [0.25, 0.3) is 0 Å². The van der Waals surface area contributed by atoms with E-state index in [2.05, 4.69) is 24.0 Å². The summed E-state index contributed by atoms with van der Waals surface area (Å²) in [6.07, 6.45) is 0. The number of sulfonamides is 1. The molecule has 2 aromatic rings. The Bertz CT molecular complexity index is 921. The summed E-state index contributed by atoms with van der Waals surface area (Å²) >= 11 is 0. The molecule has 0 unspecified atom stereocenters. The van der Waals surface area contributed by atoms with Gasteiger partial charge in [0, 0.05) is 38.8 Å². The van der Waals surface area contributed by atoms with Crippen molar-refractivity contribution in [3.05, 3.63) is 53.6 Å². The molecule has 7 heteroatoms. The fourth-order valence-electron chi connectivity index (χ4n) is 3.49. The van der Waals surface area contributed by atoms with Gasteiger partial charge in [0.15, 0.2) is 11.5 Å². The fourth-order valence-corrected chi connectivity index (χ4v) is 4.93. The number of fused-ring (bicyclic) bond motifs is 1. The molecule has 144 valence electrons. The zero-order chi connectivity index (χ0) is 18.9. The predicted molar refractivity (Wildman–Crippen MR) is 103 cm³/mol. The Kier molecular flexibility index (Phi) is 5.08. The van der Waals surface area contributed by atoms with Crippen molar-refractivity contribution in [3.63, 3.8) is 0 Å². The number of hydrogen-bond acceptors (Lipinski definition) is 5. The third-order valence-corrected chi connectivity index (χ3v) is 7.03. The van der Waals surface area contributed by atoms with Crippen molar-refractivity contribution >= 4 is 10.0 Å². The molecule has 0 radical (unpaired) electrons. The second-order valence-electron chi connectivity index (χ2n) is 6.91. The highest BCUT2D eigenvalue weighted by Gasteiger charge is 2.29. The van der Waals surface area contributed by atoms with Crippen LogP contribution in [0.3, 0.4) is 0 Å². The van der Waals surface area contributed by atoms with E-state index < -0.39 is 10.0 Å². The van der Waals surface area contributed by atoms with Crippen LogP contribution >= 0.6 is 0 Å². The van der Waals surface area contributed by atoms with Crippen LogP contribution in [0.15, 0.2) is 47.4 Å². The molecule has 2 aromatic carbocycles. The van der Waals surface area contributed by atoms with Gasteiger partial charge in [-0.25, -0.2) is 8.42 Å². The molecule has 4 rings (SSSR count). The van der Waals surface area contributed by atoms with Crippen LogP contribution in [0.1, 0.15) is 11.1 Å². The van der Waals surface area contributed by atoms with Gasteiger partial charge < -0.3 is 9.47 Å². The molecular formula is C20H24N2O4S. The summed E-state index contributed by atoms with van der Waals surface area (Å²) in [4.78, 5) is 2.57. The molecule has 0 aromatic heterocycles. The molecule has 0 atom stereocenters. The summed E-state index contributed by atoms with van der Waals surface area (Å²) in [5.41, 5.74) is 2.56. The first-order valence-corrected chi connectivity index (χ1v) is 10.6. The highest BCUT2D eigenvalue weighted by Crippen LogP contribution is 2.33. The third kappa shape index (κ3) is 3.81. The molecule has 0 aliphatic carbocycles. The minimum atomic E-state index is -3.53. The molecule has 1 fully saturated rings. The van der Waals surface area contributed by atoms with E-state index in [4.69, 9.17) is 9.47 Å². The van der Waals surface area contributed by atoms with Gasteiger partial charge in [-0.05, 0) is 30.2 Å². The molecule has 0 N–H and O–H groups in total. The maximum absolute atomic E-state index is 13.0. The molecule has 6 nitrogen and oxygen atoms in total. The number of ether oxygens (including phenoxy) is 2. The van der Waals surface area contributed by atoms with Crippen molar-refractivity contribution in [2.75, 3.05) is 39.4 Å². The van der Waals surface area contributed by atoms with E-state index in [1.54, 1.807) is 22.5 Å². The molecule has 0 bridgehead atoms. The monoisotopic (exact) mass is 388 g/mol. The minimum Gasteiger partial charge on any atom is -0.486 e. The maximum Gasteiger partial charge on any atom is 0.243 e. The number of rotatable bonds is 4. The Balaban J connectivity index is 1.43. The lowest BCUT2D eigenvalue weighted by Gasteiger charge is -2.34. The highest BCUT2D eigenvalue weighted by atomic mass is 32.2. The van der Waals surface area contributed by atoms with Crippen LogP contribution in [-0.4, -0.2) is 57.0 Å². The Hall–Kier alpha value is -2.09. The molecule has 0 spiro atoms. The van der Waals surface area contributed by atoms with Crippen molar-refractivity contribution in [1.29, 1.82) is 0 Å². The van der Waals surface area contributed by atoms with Crippen LogP contribution in [0.4, 0.5) is 0 Å². The molecular weight excluding hydrogens is 364 g/mol. The quantitative estimate of drug-likeness (QED) is 0.804.